The Morgan fingerprint density at radius 1 is 0.484 bits per heavy atom. The molecule has 0 saturated heterocycles. The van der Waals surface area contributed by atoms with Gasteiger partial charge in [-0.15, -0.1) is 0 Å². The maximum atomic E-state index is 13.2. The van der Waals surface area contributed by atoms with Crippen LogP contribution in [0.25, 0.3) is 0 Å². The largest absolute Gasteiger partial charge is 0.462 e. The standard InChI is InChI=1S/C56H101NO5/c1-4-7-10-13-16-19-22-24-26-27-28-29-31-34-37-40-43-46-49-56(61)62-52(47-44-41-38-35-32-21-18-15-12-9-6-3)50-55(60)57-53(51-58)54(59)48-45-42-39-36-33-30-25-23-20-17-14-11-8-5-2/h9,12,15,18,21,28-29,32,35,38,52-54,58-59H,4-8,10-11,13-14,16-17,19-20,22-27,30-31,33-34,36-37,39-51H2,1-3H3,(H,57,60)/b12-9+,18-15+,29-28+,32-21-,38-35-. The lowest BCUT2D eigenvalue weighted by Crippen LogP contribution is -2.46. The van der Waals surface area contributed by atoms with Gasteiger partial charge < -0.3 is 20.3 Å². The first-order valence-electron chi connectivity index (χ1n) is 26.6. The van der Waals surface area contributed by atoms with E-state index >= 15 is 0 Å². The van der Waals surface area contributed by atoms with Crippen molar-refractivity contribution in [1.82, 2.24) is 5.32 Å². The Bertz CT molecular complexity index is 1110. The first kappa shape index (κ1) is 59.6. The van der Waals surface area contributed by atoms with E-state index in [0.717, 1.165) is 64.2 Å². The van der Waals surface area contributed by atoms with Crippen molar-refractivity contribution < 1.29 is 24.5 Å². The highest BCUT2D eigenvalue weighted by Crippen LogP contribution is 2.17. The van der Waals surface area contributed by atoms with Crippen LogP contribution in [0.4, 0.5) is 0 Å². The van der Waals surface area contributed by atoms with Gasteiger partial charge in [0.2, 0.25) is 5.91 Å². The average molecular weight is 868 g/mol. The van der Waals surface area contributed by atoms with Crippen molar-refractivity contribution in [2.45, 2.75) is 277 Å². The third kappa shape index (κ3) is 44.2. The fourth-order valence-electron chi connectivity index (χ4n) is 7.91. The van der Waals surface area contributed by atoms with Gasteiger partial charge >= 0.3 is 5.97 Å². The summed E-state index contributed by atoms with van der Waals surface area (Å²) < 4.78 is 5.89. The minimum absolute atomic E-state index is 0.0279. The van der Waals surface area contributed by atoms with Gasteiger partial charge in [0, 0.05) is 6.42 Å². The molecule has 0 radical (unpaired) electrons. The van der Waals surface area contributed by atoms with E-state index < -0.39 is 18.2 Å². The summed E-state index contributed by atoms with van der Waals surface area (Å²) in [6, 6.07) is -0.725. The summed E-state index contributed by atoms with van der Waals surface area (Å²) in [5.74, 6) is -0.549. The van der Waals surface area contributed by atoms with Crippen LogP contribution in [0.3, 0.4) is 0 Å². The van der Waals surface area contributed by atoms with E-state index in [1.54, 1.807) is 0 Å². The van der Waals surface area contributed by atoms with Crippen molar-refractivity contribution in [1.29, 1.82) is 0 Å². The van der Waals surface area contributed by atoms with E-state index in [4.69, 9.17) is 4.74 Å². The molecule has 0 aliphatic rings. The normalized spacial score (nSPS) is 13.7. The number of nitrogens with one attached hydrogen (secondary N) is 1. The van der Waals surface area contributed by atoms with Crippen LogP contribution in [-0.2, 0) is 14.3 Å². The second-order valence-electron chi connectivity index (χ2n) is 18.0. The molecule has 0 aromatic carbocycles. The van der Waals surface area contributed by atoms with Crippen LogP contribution in [0, 0.1) is 0 Å². The Kier molecular flexibility index (Phi) is 47.6. The van der Waals surface area contributed by atoms with Crippen LogP contribution >= 0.6 is 0 Å². The molecule has 3 unspecified atom stereocenters. The molecular weight excluding hydrogens is 767 g/mol. The molecule has 6 heteroatoms. The molecule has 62 heavy (non-hydrogen) atoms. The number of unbranched alkanes of at least 4 members (excludes halogenated alkanes) is 28. The number of amides is 1. The third-order valence-corrected chi connectivity index (χ3v) is 11.9. The Morgan fingerprint density at radius 3 is 1.39 bits per heavy atom. The van der Waals surface area contributed by atoms with Gasteiger partial charge in [-0.05, 0) is 64.2 Å². The summed E-state index contributed by atoms with van der Waals surface area (Å²) in [6.07, 6.45) is 61.5. The number of hydrogen-bond donors (Lipinski definition) is 3. The van der Waals surface area contributed by atoms with Crippen LogP contribution in [0.1, 0.15) is 258 Å². The molecule has 0 bridgehead atoms. The van der Waals surface area contributed by atoms with Crippen molar-refractivity contribution in [3.05, 3.63) is 60.8 Å². The zero-order valence-electron chi connectivity index (χ0n) is 41.0. The number of rotatable bonds is 47. The van der Waals surface area contributed by atoms with E-state index in [2.05, 4.69) is 50.4 Å². The molecule has 0 aromatic rings. The fourth-order valence-corrected chi connectivity index (χ4v) is 7.91. The molecule has 0 aromatic heterocycles. The second-order valence-corrected chi connectivity index (χ2v) is 18.0. The van der Waals surface area contributed by atoms with Crippen LogP contribution in [0.2, 0.25) is 0 Å². The molecule has 360 valence electrons. The van der Waals surface area contributed by atoms with E-state index in [9.17, 15) is 19.8 Å². The minimum Gasteiger partial charge on any atom is -0.462 e. The molecule has 0 saturated carbocycles. The number of aliphatic hydroxyl groups excluding tert-OH is 2. The summed E-state index contributed by atoms with van der Waals surface area (Å²) in [5.41, 5.74) is 0. The summed E-state index contributed by atoms with van der Waals surface area (Å²) in [6.45, 7) is 6.33. The lowest BCUT2D eigenvalue weighted by atomic mass is 10.0. The molecular formula is C56H101NO5. The molecule has 0 aliphatic heterocycles. The van der Waals surface area contributed by atoms with Gasteiger partial charge in [-0.3, -0.25) is 9.59 Å². The number of aliphatic hydroxyl groups is 2. The predicted molar refractivity (Wildman–Crippen MR) is 268 cm³/mol. The van der Waals surface area contributed by atoms with Crippen molar-refractivity contribution in [2.24, 2.45) is 0 Å². The Balaban J connectivity index is 4.56. The molecule has 1 amide bonds. The second kappa shape index (κ2) is 49.6. The number of esters is 1. The number of hydrogen-bond acceptors (Lipinski definition) is 5. The van der Waals surface area contributed by atoms with Crippen LogP contribution in [0.15, 0.2) is 60.8 Å². The molecule has 0 fully saturated rings. The quantitative estimate of drug-likeness (QED) is 0.0245. The molecule has 6 nitrogen and oxygen atoms in total. The van der Waals surface area contributed by atoms with Crippen molar-refractivity contribution >= 4 is 11.9 Å². The van der Waals surface area contributed by atoms with Crippen LogP contribution in [-0.4, -0.2) is 46.9 Å². The Labute approximate surface area is 384 Å². The van der Waals surface area contributed by atoms with Gasteiger partial charge in [-0.1, -0.05) is 242 Å². The summed E-state index contributed by atoms with van der Waals surface area (Å²) in [4.78, 5) is 26.1. The Hall–Kier alpha value is -2.44. The van der Waals surface area contributed by atoms with Crippen LogP contribution in [0.5, 0.6) is 0 Å². The van der Waals surface area contributed by atoms with E-state index in [1.165, 1.54) is 148 Å². The minimum atomic E-state index is -0.807. The predicted octanol–water partition coefficient (Wildman–Crippen LogP) is 16.0. The average Bonchev–Trinajstić information content (AvgIpc) is 3.26. The van der Waals surface area contributed by atoms with Gasteiger partial charge in [-0.2, -0.15) is 0 Å². The first-order valence-corrected chi connectivity index (χ1v) is 26.6. The smallest absolute Gasteiger partial charge is 0.306 e. The maximum absolute atomic E-state index is 13.2. The summed E-state index contributed by atoms with van der Waals surface area (Å²) >= 11 is 0. The van der Waals surface area contributed by atoms with Gasteiger partial charge in [-0.25, -0.2) is 0 Å². The number of allylic oxidation sites excluding steroid dienone is 10. The molecule has 3 N–H and O–H groups in total. The van der Waals surface area contributed by atoms with Gasteiger partial charge in [0.25, 0.3) is 0 Å². The highest BCUT2D eigenvalue weighted by atomic mass is 16.5. The lowest BCUT2D eigenvalue weighted by Gasteiger charge is -2.24. The first-order chi connectivity index (χ1) is 30.5. The van der Waals surface area contributed by atoms with Crippen LogP contribution < -0.4 is 5.32 Å². The highest BCUT2D eigenvalue weighted by Gasteiger charge is 2.24. The zero-order valence-corrected chi connectivity index (χ0v) is 41.0. The SMILES string of the molecule is CC/C=C/C=C/C=C\C=C/CCCC(CC(=O)NC(CO)C(O)CCCCCCCCCCCCCCCC)OC(=O)CCCCCCC/C=C/CCCCCCCCCCC. The monoisotopic (exact) mass is 868 g/mol. The highest BCUT2D eigenvalue weighted by molar-refractivity contribution is 5.77. The van der Waals surface area contributed by atoms with Gasteiger partial charge in [0.1, 0.15) is 6.10 Å². The molecule has 0 rings (SSSR count). The van der Waals surface area contributed by atoms with Crippen molar-refractivity contribution in [3.63, 3.8) is 0 Å². The van der Waals surface area contributed by atoms with Crippen molar-refractivity contribution in [3.8, 4) is 0 Å². The lowest BCUT2D eigenvalue weighted by molar-refractivity contribution is -0.151. The van der Waals surface area contributed by atoms with Crippen molar-refractivity contribution in [2.75, 3.05) is 6.61 Å². The number of carbonyl (C=O) groups is 2. The third-order valence-electron chi connectivity index (χ3n) is 11.9. The molecule has 0 heterocycles. The van der Waals surface area contributed by atoms with E-state index in [0.29, 0.717) is 19.3 Å². The maximum Gasteiger partial charge on any atom is 0.306 e. The molecule has 0 spiro atoms. The Morgan fingerprint density at radius 2 is 0.903 bits per heavy atom. The zero-order chi connectivity index (χ0) is 45.2. The fraction of sp³-hybridized carbons (Fsp3) is 0.786. The summed E-state index contributed by atoms with van der Waals surface area (Å²) in [5, 5.41) is 23.7. The number of ether oxygens (including phenoxy) is 1. The van der Waals surface area contributed by atoms with Gasteiger partial charge in [0.15, 0.2) is 0 Å². The van der Waals surface area contributed by atoms with Gasteiger partial charge in [0.05, 0.1) is 25.2 Å². The molecule has 0 aliphatic carbocycles. The molecule has 3 atom stereocenters. The van der Waals surface area contributed by atoms with E-state index in [-0.39, 0.29) is 24.9 Å². The summed E-state index contributed by atoms with van der Waals surface area (Å²) in [7, 11) is 0. The topological polar surface area (TPSA) is 95.9 Å². The van der Waals surface area contributed by atoms with E-state index in [1.807, 2.05) is 36.5 Å². The number of carbonyl (C=O) groups excluding carboxylic acids is 2.